The minimum absolute atomic E-state index is 0.255. The monoisotopic (exact) mass is 452 g/mol. The number of nitrogens with zero attached hydrogens (tertiary/aromatic N) is 2. The number of carbonyl (C=O) groups excluding carboxylic acids is 1. The van der Waals surface area contributed by atoms with Crippen LogP contribution in [0.4, 0.5) is 10.8 Å². The molecule has 0 fully saturated rings. The Balaban J connectivity index is 1.38. The average Bonchev–Trinajstić information content (AvgIpc) is 3.39. The molecule has 2 aromatic heterocycles. The van der Waals surface area contributed by atoms with E-state index in [9.17, 15) is 4.79 Å². The number of thiazole rings is 1. The molecule has 2 heterocycles. The minimum Gasteiger partial charge on any atom is -0.332 e. The van der Waals surface area contributed by atoms with Gasteiger partial charge in [0.25, 0.3) is 5.91 Å². The molecule has 2 aromatic carbocycles. The number of hydrogen-bond donors (Lipinski definition) is 2. The van der Waals surface area contributed by atoms with Crippen LogP contribution in [0.15, 0.2) is 71.1 Å². The van der Waals surface area contributed by atoms with Gasteiger partial charge in [-0.25, -0.2) is 10.4 Å². The number of benzene rings is 2. The number of halogens is 1. The van der Waals surface area contributed by atoms with E-state index in [0.717, 1.165) is 27.0 Å². The van der Waals surface area contributed by atoms with Crippen LogP contribution in [0.2, 0.25) is 5.02 Å². The Labute approximate surface area is 187 Å². The molecular weight excluding hydrogens is 436 g/mol. The van der Waals surface area contributed by atoms with Gasteiger partial charge in [-0.3, -0.25) is 4.79 Å². The largest absolute Gasteiger partial charge is 0.332 e. The first-order valence-corrected chi connectivity index (χ1v) is 11.1. The van der Waals surface area contributed by atoms with Crippen molar-refractivity contribution in [1.29, 1.82) is 0 Å². The van der Waals surface area contributed by atoms with Crippen molar-refractivity contribution in [2.75, 3.05) is 5.32 Å². The van der Waals surface area contributed by atoms with Crippen LogP contribution in [0.25, 0.3) is 11.3 Å². The van der Waals surface area contributed by atoms with Crippen molar-refractivity contribution in [3.63, 3.8) is 0 Å². The second-order valence-electron chi connectivity index (χ2n) is 6.39. The fourth-order valence-corrected chi connectivity index (χ4v) is 4.27. The van der Waals surface area contributed by atoms with Gasteiger partial charge in [-0.1, -0.05) is 23.7 Å². The van der Waals surface area contributed by atoms with Crippen molar-refractivity contribution < 1.29 is 4.79 Å². The quantitative estimate of drug-likeness (QED) is 0.265. The molecule has 8 heteroatoms. The molecule has 0 aliphatic heterocycles. The summed E-state index contributed by atoms with van der Waals surface area (Å²) in [7, 11) is 0. The molecule has 2 N–H and O–H groups in total. The first-order valence-electron chi connectivity index (χ1n) is 9.05. The number of hydrazone groups is 1. The second-order valence-corrected chi connectivity index (χ2v) is 9.01. The molecule has 0 saturated carbocycles. The van der Waals surface area contributed by atoms with Crippen molar-refractivity contribution in [3.8, 4) is 11.3 Å². The summed E-state index contributed by atoms with van der Waals surface area (Å²) in [6.07, 6.45) is 1.65. The van der Waals surface area contributed by atoms with Gasteiger partial charge in [-0.15, -0.1) is 22.7 Å². The highest BCUT2D eigenvalue weighted by Crippen LogP contribution is 2.27. The maximum absolute atomic E-state index is 12.3. The van der Waals surface area contributed by atoms with Crippen molar-refractivity contribution in [2.24, 2.45) is 5.10 Å². The van der Waals surface area contributed by atoms with E-state index >= 15 is 0 Å². The molecule has 4 rings (SSSR count). The molecule has 0 radical (unpaired) electrons. The molecule has 150 valence electrons. The Morgan fingerprint density at radius 2 is 1.83 bits per heavy atom. The lowest BCUT2D eigenvalue weighted by Crippen LogP contribution is -2.17. The number of anilines is 2. The van der Waals surface area contributed by atoms with E-state index in [1.807, 2.05) is 60.8 Å². The Morgan fingerprint density at radius 1 is 1.07 bits per heavy atom. The van der Waals surface area contributed by atoms with Gasteiger partial charge in [0.1, 0.15) is 0 Å². The molecule has 1 amide bonds. The maximum atomic E-state index is 12.3. The number of carbonyl (C=O) groups is 1. The van der Waals surface area contributed by atoms with Crippen LogP contribution in [0.5, 0.6) is 0 Å². The first kappa shape index (κ1) is 20.3. The second kappa shape index (κ2) is 9.21. The van der Waals surface area contributed by atoms with Crippen LogP contribution in [0.3, 0.4) is 0 Å². The summed E-state index contributed by atoms with van der Waals surface area (Å²) in [6.45, 7) is 2.03. The van der Waals surface area contributed by atoms with E-state index in [2.05, 4.69) is 20.8 Å². The van der Waals surface area contributed by atoms with E-state index in [4.69, 9.17) is 11.6 Å². The van der Waals surface area contributed by atoms with Gasteiger partial charge in [-0.05, 0) is 55.5 Å². The molecule has 0 aliphatic rings. The summed E-state index contributed by atoms with van der Waals surface area (Å²) in [4.78, 5) is 19.1. The van der Waals surface area contributed by atoms with Crippen LogP contribution in [-0.2, 0) is 0 Å². The first-order chi connectivity index (χ1) is 14.6. The van der Waals surface area contributed by atoms with Crippen molar-refractivity contribution in [3.05, 3.63) is 86.4 Å². The lowest BCUT2D eigenvalue weighted by Gasteiger charge is -2.03. The van der Waals surface area contributed by atoms with Gasteiger partial charge in [-0.2, -0.15) is 5.10 Å². The lowest BCUT2D eigenvalue weighted by molar-refractivity contribution is 0.0955. The van der Waals surface area contributed by atoms with Crippen LogP contribution < -0.4 is 10.7 Å². The van der Waals surface area contributed by atoms with Crippen LogP contribution >= 0.6 is 34.3 Å². The third kappa shape index (κ3) is 5.13. The van der Waals surface area contributed by atoms with E-state index in [1.165, 1.54) is 16.2 Å². The third-order valence-corrected chi connectivity index (χ3v) is 6.11. The molecule has 0 unspecified atom stereocenters. The molecule has 30 heavy (non-hydrogen) atoms. The zero-order valence-corrected chi connectivity index (χ0v) is 18.3. The minimum atomic E-state index is -0.255. The SMILES string of the molecule is Cc1ccc(/C=N\NC(=O)c2ccc(-c3csc(Nc4ccc(Cl)cc4)n3)cc2)s1. The number of aryl methyl sites for hydroxylation is 1. The average molecular weight is 453 g/mol. The normalized spacial score (nSPS) is 11.0. The molecule has 0 bridgehead atoms. The Hall–Kier alpha value is -3.00. The fourth-order valence-electron chi connectivity index (χ4n) is 2.65. The van der Waals surface area contributed by atoms with Crippen LogP contribution in [0.1, 0.15) is 20.1 Å². The smallest absolute Gasteiger partial charge is 0.271 e. The number of rotatable bonds is 6. The number of aromatic nitrogens is 1. The molecule has 4 aromatic rings. The molecule has 0 aliphatic carbocycles. The summed E-state index contributed by atoms with van der Waals surface area (Å²) in [6, 6.07) is 18.7. The molecule has 0 atom stereocenters. The maximum Gasteiger partial charge on any atom is 0.271 e. The Morgan fingerprint density at radius 3 is 2.53 bits per heavy atom. The summed E-state index contributed by atoms with van der Waals surface area (Å²) in [5, 5.41) is 10.7. The lowest BCUT2D eigenvalue weighted by atomic mass is 10.1. The fraction of sp³-hybridized carbons (Fsp3) is 0.0455. The van der Waals surface area contributed by atoms with Gasteiger partial charge in [0, 0.05) is 37.0 Å². The summed E-state index contributed by atoms with van der Waals surface area (Å²) >= 11 is 9.05. The van der Waals surface area contributed by atoms with Gasteiger partial charge < -0.3 is 5.32 Å². The number of nitrogens with one attached hydrogen (secondary N) is 2. The Bertz CT molecular complexity index is 1180. The van der Waals surface area contributed by atoms with E-state index < -0.39 is 0 Å². The summed E-state index contributed by atoms with van der Waals surface area (Å²) in [5.41, 5.74) is 5.79. The Kier molecular flexibility index (Phi) is 6.23. The predicted octanol–water partition coefficient (Wildman–Crippen LogP) is 6.34. The van der Waals surface area contributed by atoms with E-state index in [1.54, 1.807) is 29.7 Å². The van der Waals surface area contributed by atoms with E-state index in [0.29, 0.717) is 10.6 Å². The van der Waals surface area contributed by atoms with Crippen LogP contribution in [-0.4, -0.2) is 17.1 Å². The standard InChI is InChI=1S/C22H17ClN4OS2/c1-14-2-11-19(30-14)12-24-27-21(28)16-5-3-15(4-6-16)20-13-29-22(26-20)25-18-9-7-17(23)8-10-18/h2-13H,1H3,(H,25,26)(H,27,28)/b24-12-. The number of thiophene rings is 1. The van der Waals surface area contributed by atoms with Gasteiger partial charge >= 0.3 is 0 Å². The topological polar surface area (TPSA) is 66.4 Å². The molecule has 0 saturated heterocycles. The summed E-state index contributed by atoms with van der Waals surface area (Å²) in [5.74, 6) is -0.255. The van der Waals surface area contributed by atoms with Crippen molar-refractivity contribution >= 4 is 57.2 Å². The summed E-state index contributed by atoms with van der Waals surface area (Å²) < 4.78 is 0. The van der Waals surface area contributed by atoms with Gasteiger partial charge in [0.05, 0.1) is 11.9 Å². The highest BCUT2D eigenvalue weighted by Gasteiger charge is 2.08. The van der Waals surface area contributed by atoms with Gasteiger partial charge in [0.2, 0.25) is 0 Å². The molecular formula is C22H17ClN4OS2. The third-order valence-electron chi connectivity index (χ3n) is 4.16. The predicted molar refractivity (Wildman–Crippen MR) is 126 cm³/mol. The van der Waals surface area contributed by atoms with Crippen molar-refractivity contribution in [2.45, 2.75) is 6.92 Å². The van der Waals surface area contributed by atoms with Crippen molar-refractivity contribution in [1.82, 2.24) is 10.4 Å². The van der Waals surface area contributed by atoms with Gasteiger partial charge in [0.15, 0.2) is 5.13 Å². The van der Waals surface area contributed by atoms with E-state index in [-0.39, 0.29) is 5.91 Å². The number of hydrogen-bond acceptors (Lipinski definition) is 6. The van der Waals surface area contributed by atoms with Crippen LogP contribution in [0, 0.1) is 6.92 Å². The zero-order valence-electron chi connectivity index (χ0n) is 15.9. The molecule has 5 nitrogen and oxygen atoms in total. The zero-order chi connectivity index (χ0) is 20.9. The highest BCUT2D eigenvalue weighted by molar-refractivity contribution is 7.14. The number of amides is 1. The molecule has 0 spiro atoms. The highest BCUT2D eigenvalue weighted by atomic mass is 35.5.